The average Bonchev–Trinajstić information content (AvgIpc) is 3.01. The van der Waals surface area contributed by atoms with E-state index in [0.29, 0.717) is 27.6 Å². The highest BCUT2D eigenvalue weighted by Gasteiger charge is 2.18. The lowest BCUT2D eigenvalue weighted by molar-refractivity contribution is 0.0701. The van der Waals surface area contributed by atoms with E-state index in [-0.39, 0.29) is 0 Å². The van der Waals surface area contributed by atoms with Crippen LogP contribution < -0.4 is 5.32 Å². The molecule has 7 nitrogen and oxygen atoms in total. The van der Waals surface area contributed by atoms with Crippen LogP contribution in [0.4, 0.5) is 5.82 Å². The van der Waals surface area contributed by atoms with Gasteiger partial charge < -0.3 is 10.4 Å². The number of carbonyl (C=O) groups is 1. The summed E-state index contributed by atoms with van der Waals surface area (Å²) in [5.41, 5.74) is 1.70. The van der Waals surface area contributed by atoms with Gasteiger partial charge in [0, 0.05) is 13.2 Å². The molecule has 0 bridgehead atoms. The number of fused-ring (bicyclic) bond motifs is 1. The van der Waals surface area contributed by atoms with Crippen LogP contribution in [0.25, 0.3) is 10.2 Å². The Bertz CT molecular complexity index is 823. The number of nitrogens with zero attached hydrogens (tertiary/aromatic N) is 4. The minimum Gasteiger partial charge on any atom is -0.477 e. The van der Waals surface area contributed by atoms with Gasteiger partial charge in [-0.05, 0) is 18.6 Å². The summed E-state index contributed by atoms with van der Waals surface area (Å²) in [6.07, 6.45) is 3.17. The number of aromatic carboxylic acids is 1. The maximum Gasteiger partial charge on any atom is 0.346 e. The third-order valence-corrected chi connectivity index (χ3v) is 4.47. The van der Waals surface area contributed by atoms with Crippen molar-refractivity contribution in [3.05, 3.63) is 34.7 Å². The number of anilines is 1. The lowest BCUT2D eigenvalue weighted by Gasteiger charge is -2.07. The molecule has 0 amide bonds. The summed E-state index contributed by atoms with van der Waals surface area (Å²) in [6, 6.07) is 1.91. The fourth-order valence-corrected chi connectivity index (χ4v) is 3.15. The number of hydrogen-bond acceptors (Lipinski definition) is 6. The summed E-state index contributed by atoms with van der Waals surface area (Å²) in [4.78, 5) is 20.6. The molecule has 21 heavy (non-hydrogen) atoms. The van der Waals surface area contributed by atoms with Crippen molar-refractivity contribution < 1.29 is 9.90 Å². The van der Waals surface area contributed by atoms with Crippen molar-refractivity contribution >= 4 is 33.3 Å². The van der Waals surface area contributed by atoms with Crippen LogP contribution >= 0.6 is 11.3 Å². The van der Waals surface area contributed by atoms with E-state index in [1.807, 2.05) is 13.1 Å². The molecule has 0 radical (unpaired) electrons. The van der Waals surface area contributed by atoms with Crippen LogP contribution in [0, 0.1) is 6.92 Å². The fourth-order valence-electron chi connectivity index (χ4n) is 2.16. The van der Waals surface area contributed by atoms with E-state index in [4.69, 9.17) is 0 Å². The van der Waals surface area contributed by atoms with E-state index >= 15 is 0 Å². The molecule has 3 aromatic rings. The van der Waals surface area contributed by atoms with Crippen molar-refractivity contribution in [1.29, 1.82) is 0 Å². The quantitative estimate of drug-likeness (QED) is 0.766. The normalized spacial score (nSPS) is 11.0. The molecule has 0 aliphatic rings. The van der Waals surface area contributed by atoms with Crippen LogP contribution in [0.3, 0.4) is 0 Å². The summed E-state index contributed by atoms with van der Waals surface area (Å²) < 4.78 is 1.77. The number of nitrogens with one attached hydrogen (secondary N) is 1. The average molecular weight is 303 g/mol. The summed E-state index contributed by atoms with van der Waals surface area (Å²) in [5, 5.41) is 17.3. The zero-order chi connectivity index (χ0) is 15.0. The van der Waals surface area contributed by atoms with Crippen molar-refractivity contribution in [3.8, 4) is 0 Å². The Labute approximate surface area is 124 Å². The van der Waals surface area contributed by atoms with Crippen LogP contribution in [0.1, 0.15) is 20.9 Å². The van der Waals surface area contributed by atoms with Gasteiger partial charge in [-0.25, -0.2) is 14.8 Å². The Balaban J connectivity index is 1.99. The first-order valence-electron chi connectivity index (χ1n) is 6.26. The number of thiophene rings is 1. The Morgan fingerprint density at radius 2 is 2.29 bits per heavy atom. The van der Waals surface area contributed by atoms with Gasteiger partial charge in [0.2, 0.25) is 0 Å². The highest BCUT2D eigenvalue weighted by molar-refractivity contribution is 7.20. The number of aromatic nitrogens is 4. The van der Waals surface area contributed by atoms with Gasteiger partial charge in [0.05, 0.1) is 17.6 Å². The first-order valence-corrected chi connectivity index (χ1v) is 7.07. The van der Waals surface area contributed by atoms with Gasteiger partial charge in [0.15, 0.2) is 0 Å². The maximum absolute atomic E-state index is 11.2. The molecule has 3 heterocycles. The van der Waals surface area contributed by atoms with Crippen molar-refractivity contribution in [3.63, 3.8) is 0 Å². The molecular formula is C13H13N5O2S. The second-order valence-electron chi connectivity index (χ2n) is 4.56. The molecule has 0 spiro atoms. The summed E-state index contributed by atoms with van der Waals surface area (Å²) in [6.45, 7) is 2.33. The van der Waals surface area contributed by atoms with Crippen molar-refractivity contribution in [2.24, 2.45) is 7.05 Å². The zero-order valence-corrected chi connectivity index (χ0v) is 12.3. The summed E-state index contributed by atoms with van der Waals surface area (Å²) in [5.74, 6) is -0.296. The van der Waals surface area contributed by atoms with E-state index < -0.39 is 5.97 Å². The van der Waals surface area contributed by atoms with Gasteiger partial charge in [0.1, 0.15) is 21.9 Å². The van der Waals surface area contributed by atoms with Gasteiger partial charge in [-0.1, -0.05) is 0 Å². The van der Waals surface area contributed by atoms with Gasteiger partial charge in [-0.3, -0.25) is 4.68 Å². The van der Waals surface area contributed by atoms with Crippen LogP contribution in [-0.2, 0) is 13.6 Å². The number of hydrogen-bond donors (Lipinski definition) is 2. The highest BCUT2D eigenvalue weighted by Crippen LogP contribution is 2.33. The van der Waals surface area contributed by atoms with Crippen LogP contribution in [0.15, 0.2) is 18.6 Å². The van der Waals surface area contributed by atoms with Crippen molar-refractivity contribution in [1.82, 2.24) is 19.7 Å². The molecule has 0 saturated heterocycles. The molecule has 3 rings (SSSR count). The number of rotatable bonds is 4. The molecule has 3 aromatic heterocycles. The van der Waals surface area contributed by atoms with E-state index in [0.717, 1.165) is 22.4 Å². The predicted octanol–water partition coefficient (Wildman–Crippen LogP) is 2.04. The summed E-state index contributed by atoms with van der Waals surface area (Å²) in [7, 11) is 1.87. The molecule has 0 aliphatic heterocycles. The maximum atomic E-state index is 11.2. The molecule has 0 fully saturated rings. The van der Waals surface area contributed by atoms with Gasteiger partial charge >= 0.3 is 5.97 Å². The molecule has 0 aliphatic carbocycles. The molecular weight excluding hydrogens is 290 g/mol. The van der Waals surface area contributed by atoms with E-state index in [1.54, 1.807) is 17.8 Å². The van der Waals surface area contributed by atoms with E-state index in [9.17, 15) is 9.90 Å². The third kappa shape index (κ3) is 2.33. The first kappa shape index (κ1) is 13.5. The lowest BCUT2D eigenvalue weighted by atomic mass is 10.2. The molecule has 0 saturated carbocycles. The topological polar surface area (TPSA) is 92.9 Å². The Kier molecular flexibility index (Phi) is 3.30. The Hall–Kier alpha value is -2.48. The second kappa shape index (κ2) is 5.13. The van der Waals surface area contributed by atoms with Crippen molar-refractivity contribution in [2.75, 3.05) is 5.32 Å². The number of aryl methyl sites for hydroxylation is 2. The SMILES string of the molecule is Cc1c(C(=O)O)sc2ncnc(NCc3ccnn3C)c12. The van der Waals surface area contributed by atoms with Crippen molar-refractivity contribution in [2.45, 2.75) is 13.5 Å². The Morgan fingerprint density at radius 1 is 1.48 bits per heavy atom. The molecule has 108 valence electrons. The Morgan fingerprint density at radius 3 is 2.95 bits per heavy atom. The highest BCUT2D eigenvalue weighted by atomic mass is 32.1. The van der Waals surface area contributed by atoms with Gasteiger partial charge in [-0.2, -0.15) is 5.10 Å². The predicted molar refractivity (Wildman–Crippen MR) is 79.6 cm³/mol. The largest absolute Gasteiger partial charge is 0.477 e. The van der Waals surface area contributed by atoms with Crippen LogP contribution in [0.2, 0.25) is 0 Å². The van der Waals surface area contributed by atoms with Gasteiger partial charge in [-0.15, -0.1) is 11.3 Å². The van der Waals surface area contributed by atoms with Crippen LogP contribution in [0.5, 0.6) is 0 Å². The molecule has 0 aromatic carbocycles. The zero-order valence-electron chi connectivity index (χ0n) is 11.5. The van der Waals surface area contributed by atoms with Crippen LogP contribution in [-0.4, -0.2) is 30.8 Å². The summed E-state index contributed by atoms with van der Waals surface area (Å²) >= 11 is 1.16. The molecule has 2 N–H and O–H groups in total. The molecule has 0 atom stereocenters. The molecule has 8 heteroatoms. The number of carboxylic acids is 1. The smallest absolute Gasteiger partial charge is 0.346 e. The monoisotopic (exact) mass is 303 g/mol. The number of carboxylic acid groups (broad SMARTS) is 1. The second-order valence-corrected chi connectivity index (χ2v) is 5.56. The standard InChI is InChI=1S/C13H13N5O2S/c1-7-9-11(14-5-8-3-4-17-18(8)2)15-6-16-12(9)21-10(7)13(19)20/h3-4,6H,5H2,1-2H3,(H,19,20)(H,14,15,16). The lowest BCUT2D eigenvalue weighted by Crippen LogP contribution is -2.07. The minimum absolute atomic E-state index is 0.300. The molecule has 0 unspecified atom stereocenters. The first-order chi connectivity index (χ1) is 10.1. The minimum atomic E-state index is -0.937. The van der Waals surface area contributed by atoms with E-state index in [2.05, 4.69) is 20.4 Å². The van der Waals surface area contributed by atoms with Gasteiger partial charge in [0.25, 0.3) is 0 Å². The third-order valence-electron chi connectivity index (χ3n) is 3.28. The fraction of sp³-hybridized carbons (Fsp3) is 0.231. The van der Waals surface area contributed by atoms with E-state index in [1.165, 1.54) is 6.33 Å².